The normalized spacial score (nSPS) is 15.5. The largest absolute Gasteiger partial charge is 0.385 e. The van der Waals surface area contributed by atoms with E-state index >= 15 is 0 Å². The lowest BCUT2D eigenvalue weighted by atomic mass is 9.83. The smallest absolute Gasteiger partial charge is 0.226 e. The van der Waals surface area contributed by atoms with Crippen molar-refractivity contribution in [1.29, 1.82) is 0 Å². The molecule has 29 heavy (non-hydrogen) atoms. The molecule has 0 saturated heterocycles. The number of hydrogen-bond donors (Lipinski definition) is 3. The summed E-state index contributed by atoms with van der Waals surface area (Å²) in [5.74, 6) is 0.677. The van der Waals surface area contributed by atoms with Crippen LogP contribution >= 0.6 is 35.6 Å². The number of anilines is 1. The van der Waals surface area contributed by atoms with Crippen LogP contribution in [0.4, 0.5) is 5.69 Å². The van der Waals surface area contributed by atoms with Gasteiger partial charge in [-0.15, -0.1) is 24.0 Å². The molecule has 1 fully saturated rings. The third-order valence-corrected chi connectivity index (χ3v) is 5.95. The molecule has 0 aliphatic heterocycles. The highest BCUT2D eigenvalue weighted by atomic mass is 127. The number of guanidine groups is 1. The van der Waals surface area contributed by atoms with Gasteiger partial charge in [0.25, 0.3) is 0 Å². The van der Waals surface area contributed by atoms with Gasteiger partial charge in [-0.3, -0.25) is 9.79 Å². The van der Waals surface area contributed by atoms with Gasteiger partial charge in [0.15, 0.2) is 5.96 Å². The fraction of sp³-hybridized carbons (Fsp3) is 0.619. The monoisotopic (exact) mass is 536 g/mol. The van der Waals surface area contributed by atoms with Crippen molar-refractivity contribution in [3.05, 3.63) is 28.8 Å². The van der Waals surface area contributed by atoms with Crippen LogP contribution in [0.5, 0.6) is 0 Å². The maximum Gasteiger partial charge on any atom is 0.226 e. The van der Waals surface area contributed by atoms with Gasteiger partial charge in [-0.05, 0) is 49.3 Å². The number of hydrogen-bond acceptors (Lipinski definition) is 3. The number of carbonyl (C=O) groups excluding carboxylic acids is 1. The van der Waals surface area contributed by atoms with E-state index in [4.69, 9.17) is 16.3 Å². The second-order valence-corrected chi connectivity index (χ2v) is 7.92. The fourth-order valence-corrected chi connectivity index (χ4v) is 3.88. The molecule has 1 aromatic rings. The first kappa shape index (κ1) is 26.0. The Hall–Kier alpha value is -1.06. The van der Waals surface area contributed by atoms with E-state index in [1.54, 1.807) is 14.2 Å². The molecule has 164 valence electrons. The molecule has 0 spiro atoms. The van der Waals surface area contributed by atoms with Gasteiger partial charge in [-0.2, -0.15) is 0 Å². The van der Waals surface area contributed by atoms with E-state index in [9.17, 15) is 4.79 Å². The highest BCUT2D eigenvalue weighted by Gasteiger charge is 2.33. The molecule has 1 aromatic carbocycles. The number of ether oxygens (including phenoxy) is 1. The molecule has 0 heterocycles. The zero-order valence-corrected chi connectivity index (χ0v) is 20.7. The van der Waals surface area contributed by atoms with Crippen LogP contribution in [0.25, 0.3) is 0 Å². The zero-order valence-electron chi connectivity index (χ0n) is 17.6. The minimum absolute atomic E-state index is 0. The van der Waals surface area contributed by atoms with Crippen molar-refractivity contribution in [2.75, 3.05) is 39.2 Å². The molecule has 0 unspecified atom stereocenters. The fourth-order valence-electron chi connectivity index (χ4n) is 3.70. The number of methoxy groups -OCH3 is 1. The summed E-state index contributed by atoms with van der Waals surface area (Å²) < 4.78 is 5.29. The van der Waals surface area contributed by atoms with E-state index in [1.807, 2.05) is 25.1 Å². The van der Waals surface area contributed by atoms with Gasteiger partial charge in [0.1, 0.15) is 0 Å². The topological polar surface area (TPSA) is 74.8 Å². The summed E-state index contributed by atoms with van der Waals surface area (Å²) in [5, 5.41) is 10.2. The lowest BCUT2D eigenvalue weighted by Crippen LogP contribution is -2.44. The Bertz CT molecular complexity index is 679. The Morgan fingerprint density at radius 3 is 2.66 bits per heavy atom. The van der Waals surface area contributed by atoms with Crippen LogP contribution in [-0.4, -0.2) is 45.7 Å². The van der Waals surface area contributed by atoms with Gasteiger partial charge >= 0.3 is 0 Å². The standard InChI is InChI=1S/C21H33ClN4O2.HI/c1-16-17(22)7-6-8-18(16)26-19(27)9-13-24-20(23-2)25-15-21(12-14-28-3)10-4-5-11-21;/h6-8H,4-5,9-15H2,1-3H3,(H,26,27)(H2,23,24,25);1H. The van der Waals surface area contributed by atoms with Gasteiger partial charge in [0.05, 0.1) is 0 Å². The van der Waals surface area contributed by atoms with E-state index in [2.05, 4.69) is 20.9 Å². The summed E-state index contributed by atoms with van der Waals surface area (Å²) in [5.41, 5.74) is 1.91. The maximum atomic E-state index is 12.2. The van der Waals surface area contributed by atoms with Crippen LogP contribution in [-0.2, 0) is 9.53 Å². The lowest BCUT2D eigenvalue weighted by Gasteiger charge is -2.29. The molecule has 1 amide bonds. The second kappa shape index (κ2) is 13.3. The molecule has 8 heteroatoms. The molecule has 0 bridgehead atoms. The van der Waals surface area contributed by atoms with Gasteiger partial charge < -0.3 is 20.7 Å². The molecule has 0 radical (unpaired) electrons. The zero-order chi connectivity index (χ0) is 20.4. The SMILES string of the molecule is CN=C(NCCC(=O)Nc1cccc(Cl)c1C)NCC1(CCOC)CCCC1.I. The summed E-state index contributed by atoms with van der Waals surface area (Å²) in [7, 11) is 3.51. The number of nitrogens with zero attached hydrogens (tertiary/aromatic N) is 1. The van der Waals surface area contributed by atoms with E-state index in [0.717, 1.165) is 36.8 Å². The predicted molar refractivity (Wildman–Crippen MR) is 132 cm³/mol. The third kappa shape index (κ3) is 8.30. The summed E-state index contributed by atoms with van der Waals surface area (Å²) in [6.07, 6.45) is 6.42. The van der Waals surface area contributed by atoms with E-state index in [0.29, 0.717) is 18.0 Å². The van der Waals surface area contributed by atoms with Crippen LogP contribution in [0.15, 0.2) is 23.2 Å². The Labute approximate surface area is 196 Å². The van der Waals surface area contributed by atoms with Gasteiger partial charge in [-0.1, -0.05) is 30.5 Å². The predicted octanol–water partition coefficient (Wildman–Crippen LogP) is 4.36. The Kier molecular flexibility index (Phi) is 11.9. The average Bonchev–Trinajstić information content (AvgIpc) is 3.15. The highest BCUT2D eigenvalue weighted by molar-refractivity contribution is 14.0. The quantitative estimate of drug-likeness (QED) is 0.249. The number of carbonyl (C=O) groups is 1. The van der Waals surface area contributed by atoms with Crippen LogP contribution in [0.3, 0.4) is 0 Å². The molecule has 1 aliphatic carbocycles. The van der Waals surface area contributed by atoms with Crippen molar-refractivity contribution >= 4 is 53.1 Å². The van der Waals surface area contributed by atoms with E-state index in [1.165, 1.54) is 25.7 Å². The van der Waals surface area contributed by atoms with Crippen molar-refractivity contribution in [3.8, 4) is 0 Å². The molecular formula is C21H34ClIN4O2. The van der Waals surface area contributed by atoms with Crippen molar-refractivity contribution in [2.45, 2.75) is 45.4 Å². The number of aliphatic imine (C=N–C) groups is 1. The first-order chi connectivity index (χ1) is 13.5. The molecule has 3 N–H and O–H groups in total. The summed E-state index contributed by atoms with van der Waals surface area (Å²) in [4.78, 5) is 16.5. The lowest BCUT2D eigenvalue weighted by molar-refractivity contribution is -0.116. The molecule has 0 atom stereocenters. The minimum Gasteiger partial charge on any atom is -0.385 e. The highest BCUT2D eigenvalue weighted by Crippen LogP contribution is 2.40. The number of amides is 1. The molecule has 1 aliphatic rings. The number of halogens is 2. The average molecular weight is 537 g/mol. The van der Waals surface area contributed by atoms with Crippen molar-refractivity contribution in [3.63, 3.8) is 0 Å². The van der Waals surface area contributed by atoms with Crippen LogP contribution in [0, 0.1) is 12.3 Å². The van der Waals surface area contributed by atoms with Gasteiger partial charge in [-0.25, -0.2) is 0 Å². The second-order valence-electron chi connectivity index (χ2n) is 7.51. The first-order valence-corrected chi connectivity index (χ1v) is 10.4. The van der Waals surface area contributed by atoms with E-state index < -0.39 is 0 Å². The Morgan fingerprint density at radius 2 is 2.00 bits per heavy atom. The number of nitrogens with one attached hydrogen (secondary N) is 3. The maximum absolute atomic E-state index is 12.2. The van der Waals surface area contributed by atoms with Gasteiger partial charge in [0, 0.05) is 51.0 Å². The summed E-state index contributed by atoms with van der Waals surface area (Å²) in [6.45, 7) is 4.07. The van der Waals surface area contributed by atoms with Crippen molar-refractivity contribution in [1.82, 2.24) is 10.6 Å². The molecular weight excluding hydrogens is 503 g/mol. The summed E-state index contributed by atoms with van der Waals surface area (Å²) in [6, 6.07) is 5.50. The molecule has 1 saturated carbocycles. The van der Waals surface area contributed by atoms with Crippen LogP contribution in [0.2, 0.25) is 5.02 Å². The third-order valence-electron chi connectivity index (χ3n) is 5.54. The Balaban J connectivity index is 0.00000420. The Morgan fingerprint density at radius 1 is 1.28 bits per heavy atom. The van der Waals surface area contributed by atoms with Crippen LogP contribution < -0.4 is 16.0 Å². The van der Waals surface area contributed by atoms with E-state index in [-0.39, 0.29) is 35.3 Å². The minimum atomic E-state index is -0.0549. The first-order valence-electron chi connectivity index (χ1n) is 9.98. The van der Waals surface area contributed by atoms with Gasteiger partial charge in [0.2, 0.25) is 5.91 Å². The van der Waals surface area contributed by atoms with Crippen molar-refractivity contribution < 1.29 is 9.53 Å². The number of rotatable bonds is 9. The van der Waals surface area contributed by atoms with Crippen molar-refractivity contribution in [2.24, 2.45) is 10.4 Å². The summed E-state index contributed by atoms with van der Waals surface area (Å²) >= 11 is 6.10. The molecule has 2 rings (SSSR count). The molecule has 0 aromatic heterocycles. The van der Waals surface area contributed by atoms with Crippen LogP contribution in [0.1, 0.15) is 44.1 Å². The molecule has 6 nitrogen and oxygen atoms in total. The number of benzene rings is 1.